The summed E-state index contributed by atoms with van der Waals surface area (Å²) in [6.07, 6.45) is -3.23. The predicted molar refractivity (Wildman–Crippen MR) is 118 cm³/mol. The molecule has 0 aliphatic heterocycles. The van der Waals surface area contributed by atoms with Crippen LogP contribution in [0.25, 0.3) is 0 Å². The van der Waals surface area contributed by atoms with E-state index in [0.29, 0.717) is 25.4 Å². The summed E-state index contributed by atoms with van der Waals surface area (Å²) in [6, 6.07) is 0. The van der Waals surface area contributed by atoms with E-state index >= 15 is 0 Å². The summed E-state index contributed by atoms with van der Waals surface area (Å²) in [6.45, 7) is 2.33. The third-order valence-corrected chi connectivity index (χ3v) is 4.37. The highest BCUT2D eigenvalue weighted by Gasteiger charge is 2.23. The molecule has 0 bridgehead atoms. The Hall–Kier alpha value is -1.10. The van der Waals surface area contributed by atoms with Crippen molar-refractivity contribution in [3.63, 3.8) is 0 Å². The van der Waals surface area contributed by atoms with Crippen LogP contribution in [0.2, 0.25) is 0 Å². The van der Waals surface area contributed by atoms with Crippen LogP contribution in [0.5, 0.6) is 0 Å². The molecule has 0 amide bonds. The molecule has 0 aromatic carbocycles. The largest absolute Gasteiger partial charge is 0.394 e. The van der Waals surface area contributed by atoms with Crippen molar-refractivity contribution >= 4 is 12.6 Å². The van der Waals surface area contributed by atoms with Gasteiger partial charge in [-0.05, 0) is 19.3 Å². The quantitative estimate of drug-likeness (QED) is 0.0887. The molecule has 0 saturated carbocycles. The van der Waals surface area contributed by atoms with Crippen molar-refractivity contribution in [3.8, 4) is 0 Å². The molecule has 0 spiro atoms. The number of aldehydes is 2. The van der Waals surface area contributed by atoms with Gasteiger partial charge in [0.1, 0.15) is 18.5 Å². The van der Waals surface area contributed by atoms with Crippen molar-refractivity contribution in [2.24, 2.45) is 0 Å². The van der Waals surface area contributed by atoms with Gasteiger partial charge in [-0.1, -0.05) is 13.8 Å². The van der Waals surface area contributed by atoms with Gasteiger partial charge < -0.3 is 58.7 Å². The van der Waals surface area contributed by atoms with Crippen LogP contribution in [0.3, 0.4) is 0 Å². The zero-order chi connectivity index (χ0) is 26.4. The van der Waals surface area contributed by atoms with Gasteiger partial charge in [-0.2, -0.15) is 0 Å². The predicted octanol–water partition coefficient (Wildman–Crippen LogP) is -1.65. The normalized spacial score (nSPS) is 17.4. The summed E-state index contributed by atoms with van der Waals surface area (Å²) in [4.78, 5) is 20.3. The van der Waals surface area contributed by atoms with Crippen LogP contribution in [-0.4, -0.2) is 129 Å². The van der Waals surface area contributed by atoms with Gasteiger partial charge in [-0.3, -0.25) is 4.79 Å². The SMILES string of the molecule is CCC(C=O)OC(C=O)OC.CCC(CO)OC(CO)OCCC(CO)OC(OC)C(O)CO. The minimum atomic E-state index is -1.22. The van der Waals surface area contributed by atoms with Crippen LogP contribution in [0.15, 0.2) is 0 Å². The molecular weight excluding hydrogens is 460 g/mol. The van der Waals surface area contributed by atoms with E-state index in [1.165, 1.54) is 14.2 Å². The van der Waals surface area contributed by atoms with Crippen molar-refractivity contribution < 1.29 is 63.5 Å². The Balaban J connectivity index is 0. The van der Waals surface area contributed by atoms with E-state index < -0.39 is 49.9 Å². The molecule has 0 fully saturated rings. The first-order valence-electron chi connectivity index (χ1n) is 11.0. The Morgan fingerprint density at radius 1 is 0.765 bits per heavy atom. The molecule has 5 N–H and O–H groups in total. The summed E-state index contributed by atoms with van der Waals surface area (Å²) in [5, 5.41) is 45.9. The maximum absolute atomic E-state index is 10.2. The summed E-state index contributed by atoms with van der Waals surface area (Å²) in [7, 11) is 2.65. The van der Waals surface area contributed by atoms with Crippen molar-refractivity contribution in [3.05, 3.63) is 0 Å². The standard InChI is InChI=1S/C14H30O9.C7H12O4/c1-3-10(6-15)22-13(9-18)21-5-4-11(7-16)23-14(20-2)12(19)8-17;1-3-6(4-8)11-7(5-9)10-2/h10-19H,3-9H2,1-2H3;4-7H,3H2,1-2H3. The van der Waals surface area contributed by atoms with E-state index in [4.69, 9.17) is 33.9 Å². The molecule has 0 radical (unpaired) electrons. The molecule has 34 heavy (non-hydrogen) atoms. The Morgan fingerprint density at radius 3 is 1.79 bits per heavy atom. The first-order chi connectivity index (χ1) is 16.3. The van der Waals surface area contributed by atoms with Gasteiger partial charge in [-0.25, -0.2) is 0 Å². The van der Waals surface area contributed by atoms with E-state index in [1.54, 1.807) is 6.92 Å². The van der Waals surface area contributed by atoms with Gasteiger partial charge in [0.25, 0.3) is 0 Å². The second-order valence-corrected chi connectivity index (χ2v) is 6.87. The van der Waals surface area contributed by atoms with Gasteiger partial charge in [0.05, 0.1) is 45.2 Å². The Labute approximate surface area is 200 Å². The number of rotatable bonds is 21. The highest BCUT2D eigenvalue weighted by Crippen LogP contribution is 2.10. The minimum absolute atomic E-state index is 0.115. The van der Waals surface area contributed by atoms with E-state index in [2.05, 4.69) is 4.74 Å². The number of methoxy groups -OCH3 is 2. The Kier molecular flexibility index (Phi) is 24.4. The van der Waals surface area contributed by atoms with Crippen molar-refractivity contribution in [1.29, 1.82) is 0 Å². The van der Waals surface area contributed by atoms with Crippen LogP contribution in [-0.2, 0) is 38.0 Å². The molecule has 0 rings (SSSR count). The molecule has 13 nitrogen and oxygen atoms in total. The molecule has 0 aliphatic carbocycles. The molecule has 0 saturated heterocycles. The second kappa shape index (κ2) is 23.6. The third-order valence-electron chi connectivity index (χ3n) is 4.37. The topological polar surface area (TPSA) is 191 Å². The number of ether oxygens (including phenoxy) is 6. The summed E-state index contributed by atoms with van der Waals surface area (Å²) < 4.78 is 30.4. The summed E-state index contributed by atoms with van der Waals surface area (Å²) in [5.41, 5.74) is 0. The number of carbonyl (C=O) groups is 2. The molecule has 0 heterocycles. The fraction of sp³-hybridized carbons (Fsp3) is 0.905. The average molecular weight is 503 g/mol. The second-order valence-electron chi connectivity index (χ2n) is 6.87. The number of carbonyl (C=O) groups excluding carboxylic acids is 2. The zero-order valence-corrected chi connectivity index (χ0v) is 20.4. The monoisotopic (exact) mass is 502 g/mol. The fourth-order valence-electron chi connectivity index (χ4n) is 2.27. The Morgan fingerprint density at radius 2 is 1.41 bits per heavy atom. The molecular formula is C21H42O13. The molecule has 0 aliphatic rings. The van der Waals surface area contributed by atoms with Crippen molar-refractivity contribution in [1.82, 2.24) is 0 Å². The number of hydrogen-bond donors (Lipinski definition) is 5. The van der Waals surface area contributed by atoms with Gasteiger partial charge in [0.2, 0.25) is 6.29 Å². The van der Waals surface area contributed by atoms with Gasteiger partial charge in [-0.15, -0.1) is 0 Å². The van der Waals surface area contributed by atoms with E-state index in [0.717, 1.165) is 0 Å². The summed E-state index contributed by atoms with van der Waals surface area (Å²) in [5.74, 6) is 0. The number of aliphatic hydroxyl groups is 5. The van der Waals surface area contributed by atoms with E-state index in [-0.39, 0.29) is 32.8 Å². The van der Waals surface area contributed by atoms with Crippen LogP contribution < -0.4 is 0 Å². The number of aliphatic hydroxyl groups excluding tert-OH is 5. The first kappa shape index (κ1) is 35.1. The van der Waals surface area contributed by atoms with Crippen molar-refractivity contribution in [2.45, 2.75) is 76.4 Å². The fourth-order valence-corrected chi connectivity index (χ4v) is 2.27. The zero-order valence-electron chi connectivity index (χ0n) is 20.4. The molecule has 7 unspecified atom stereocenters. The molecule has 7 atom stereocenters. The van der Waals surface area contributed by atoms with Crippen LogP contribution in [0, 0.1) is 0 Å². The highest BCUT2D eigenvalue weighted by atomic mass is 16.7. The van der Waals surface area contributed by atoms with E-state index in [9.17, 15) is 24.9 Å². The Bertz CT molecular complexity index is 450. The lowest BCUT2D eigenvalue weighted by Gasteiger charge is -2.26. The van der Waals surface area contributed by atoms with Crippen LogP contribution in [0.4, 0.5) is 0 Å². The molecule has 204 valence electrons. The van der Waals surface area contributed by atoms with E-state index in [1.807, 2.05) is 6.92 Å². The van der Waals surface area contributed by atoms with Gasteiger partial charge in [0, 0.05) is 14.2 Å². The smallest absolute Gasteiger partial charge is 0.215 e. The lowest BCUT2D eigenvalue weighted by molar-refractivity contribution is -0.226. The molecule has 13 heteroatoms. The molecule has 0 aromatic heterocycles. The van der Waals surface area contributed by atoms with Crippen LogP contribution >= 0.6 is 0 Å². The summed E-state index contributed by atoms with van der Waals surface area (Å²) >= 11 is 0. The maximum atomic E-state index is 10.2. The minimum Gasteiger partial charge on any atom is -0.394 e. The van der Waals surface area contributed by atoms with Crippen molar-refractivity contribution in [2.75, 3.05) is 47.3 Å². The lowest BCUT2D eigenvalue weighted by atomic mass is 10.2. The van der Waals surface area contributed by atoms with Crippen LogP contribution in [0.1, 0.15) is 33.1 Å². The molecule has 0 aromatic rings. The first-order valence-corrected chi connectivity index (χ1v) is 11.0. The highest BCUT2D eigenvalue weighted by molar-refractivity contribution is 5.58. The average Bonchev–Trinajstić information content (AvgIpc) is 2.88. The maximum Gasteiger partial charge on any atom is 0.215 e. The lowest BCUT2D eigenvalue weighted by Crippen LogP contribution is -2.38. The van der Waals surface area contributed by atoms with Gasteiger partial charge in [0.15, 0.2) is 18.9 Å². The van der Waals surface area contributed by atoms with Gasteiger partial charge >= 0.3 is 0 Å². The third kappa shape index (κ3) is 16.5. The number of hydrogen-bond acceptors (Lipinski definition) is 13.